The minimum atomic E-state index is 0.142. The Labute approximate surface area is 131 Å². The molecule has 3 nitrogen and oxygen atoms in total. The normalized spacial score (nSPS) is 16.7. The van der Waals surface area contributed by atoms with E-state index in [9.17, 15) is 4.79 Å². The van der Waals surface area contributed by atoms with Gasteiger partial charge in [0.2, 0.25) is 0 Å². The number of piperazine rings is 1. The largest absolute Gasteiger partial charge is 0.336 e. The van der Waals surface area contributed by atoms with Crippen LogP contribution in [-0.4, -0.2) is 53.8 Å². The zero-order valence-electron chi connectivity index (χ0n) is 11.0. The first kappa shape index (κ1) is 15.0. The molecule has 1 fully saturated rings. The minimum Gasteiger partial charge on any atom is -0.336 e. The molecule has 1 saturated heterocycles. The maximum absolute atomic E-state index is 12.4. The summed E-state index contributed by atoms with van der Waals surface area (Å²) in [5.41, 5.74) is 1.89. The molecule has 2 rings (SSSR count). The third kappa shape index (κ3) is 4.04. The van der Waals surface area contributed by atoms with Crippen LogP contribution in [0.1, 0.15) is 15.9 Å². The Balaban J connectivity index is 2.01. The third-order valence-electron chi connectivity index (χ3n) is 3.35. The molecular weight excluding hydrogens is 372 g/mol. The molecule has 0 N–H and O–H groups in total. The molecule has 0 aliphatic carbocycles. The van der Waals surface area contributed by atoms with Gasteiger partial charge in [0.1, 0.15) is 0 Å². The third-order valence-corrected chi connectivity index (χ3v) is 4.16. The van der Waals surface area contributed by atoms with E-state index in [1.807, 2.05) is 30.0 Å². The molecule has 104 valence electrons. The number of carbonyl (C=O) groups excluding carboxylic acids is 1. The summed E-state index contributed by atoms with van der Waals surface area (Å²) in [5.74, 6) is 0.142. The van der Waals surface area contributed by atoms with Crippen molar-refractivity contribution in [2.24, 2.45) is 0 Å². The molecule has 0 radical (unpaired) electrons. The van der Waals surface area contributed by atoms with Crippen LogP contribution in [0.15, 0.2) is 22.7 Å². The summed E-state index contributed by atoms with van der Waals surface area (Å²) in [6.07, 6.45) is 0. The van der Waals surface area contributed by atoms with Gasteiger partial charge in [-0.3, -0.25) is 9.69 Å². The van der Waals surface area contributed by atoms with Crippen LogP contribution in [0, 0.1) is 6.92 Å². The Morgan fingerprint density at radius 1 is 1.21 bits per heavy atom. The van der Waals surface area contributed by atoms with Crippen molar-refractivity contribution in [3.63, 3.8) is 0 Å². The van der Waals surface area contributed by atoms with Crippen molar-refractivity contribution >= 4 is 37.8 Å². The van der Waals surface area contributed by atoms with Crippen molar-refractivity contribution in [2.75, 3.05) is 38.1 Å². The minimum absolute atomic E-state index is 0.142. The summed E-state index contributed by atoms with van der Waals surface area (Å²) >= 11 is 6.91. The van der Waals surface area contributed by atoms with Gasteiger partial charge in [0, 0.05) is 48.1 Å². The van der Waals surface area contributed by atoms with Crippen molar-refractivity contribution in [3.8, 4) is 0 Å². The molecule has 0 atom stereocenters. The van der Waals surface area contributed by atoms with Crippen molar-refractivity contribution in [3.05, 3.63) is 33.8 Å². The molecule has 1 heterocycles. The molecule has 0 aromatic heterocycles. The fourth-order valence-electron chi connectivity index (χ4n) is 2.34. The van der Waals surface area contributed by atoms with Gasteiger partial charge in [-0.2, -0.15) is 0 Å². The summed E-state index contributed by atoms with van der Waals surface area (Å²) in [5, 5.41) is 0.992. The van der Waals surface area contributed by atoms with Crippen molar-refractivity contribution in [2.45, 2.75) is 6.92 Å². The van der Waals surface area contributed by atoms with Gasteiger partial charge < -0.3 is 4.90 Å². The molecule has 0 spiro atoms. The lowest BCUT2D eigenvalue weighted by molar-refractivity contribution is 0.0645. The van der Waals surface area contributed by atoms with Crippen LogP contribution in [-0.2, 0) is 0 Å². The molecule has 0 bridgehead atoms. The molecule has 0 saturated carbocycles. The highest BCUT2D eigenvalue weighted by Gasteiger charge is 2.21. The number of benzene rings is 1. The van der Waals surface area contributed by atoms with E-state index in [2.05, 4.69) is 36.8 Å². The number of hydrogen-bond acceptors (Lipinski definition) is 2. The van der Waals surface area contributed by atoms with E-state index in [-0.39, 0.29) is 5.91 Å². The van der Waals surface area contributed by atoms with E-state index in [1.54, 1.807) is 0 Å². The lowest BCUT2D eigenvalue weighted by Gasteiger charge is -2.34. The van der Waals surface area contributed by atoms with Gasteiger partial charge in [-0.15, -0.1) is 0 Å². The molecule has 1 amide bonds. The Morgan fingerprint density at radius 3 is 2.47 bits per heavy atom. The van der Waals surface area contributed by atoms with Gasteiger partial charge in [0.15, 0.2) is 0 Å². The average molecular weight is 390 g/mol. The fraction of sp³-hybridized carbons (Fsp3) is 0.500. The predicted octanol–water partition coefficient (Wildman–Crippen LogP) is 2.91. The fourth-order valence-corrected chi connectivity index (χ4v) is 3.45. The SMILES string of the molecule is Cc1cc(Br)cc(C(=O)N2CCN(CCBr)CC2)c1. The molecule has 1 aromatic rings. The standard InChI is InChI=1S/C14H18Br2N2O/c1-11-8-12(10-13(16)9-11)14(19)18-6-4-17(3-2-15)5-7-18/h8-10H,2-7H2,1H3. The smallest absolute Gasteiger partial charge is 0.253 e. The summed E-state index contributed by atoms with van der Waals surface area (Å²) in [6.45, 7) is 6.62. The van der Waals surface area contributed by atoms with Gasteiger partial charge in [0.25, 0.3) is 5.91 Å². The number of amides is 1. The molecule has 19 heavy (non-hydrogen) atoms. The number of nitrogens with zero attached hydrogens (tertiary/aromatic N) is 2. The second kappa shape index (κ2) is 6.86. The summed E-state index contributed by atoms with van der Waals surface area (Å²) in [7, 11) is 0. The molecule has 1 aromatic carbocycles. The van der Waals surface area contributed by atoms with Crippen LogP contribution in [0.5, 0.6) is 0 Å². The Bertz CT molecular complexity index is 437. The van der Waals surface area contributed by atoms with Crippen molar-refractivity contribution in [1.29, 1.82) is 0 Å². The topological polar surface area (TPSA) is 23.6 Å². The van der Waals surface area contributed by atoms with Crippen LogP contribution < -0.4 is 0 Å². The van der Waals surface area contributed by atoms with Crippen LogP contribution in [0.2, 0.25) is 0 Å². The first-order valence-electron chi connectivity index (χ1n) is 6.45. The van der Waals surface area contributed by atoms with Crippen LogP contribution in [0.3, 0.4) is 0 Å². The van der Waals surface area contributed by atoms with Crippen molar-refractivity contribution in [1.82, 2.24) is 9.80 Å². The first-order valence-corrected chi connectivity index (χ1v) is 8.36. The van der Waals surface area contributed by atoms with Crippen LogP contribution in [0.4, 0.5) is 0 Å². The van der Waals surface area contributed by atoms with Gasteiger partial charge >= 0.3 is 0 Å². The van der Waals surface area contributed by atoms with E-state index in [1.165, 1.54) is 0 Å². The van der Waals surface area contributed by atoms with E-state index in [0.29, 0.717) is 0 Å². The number of aryl methyl sites for hydroxylation is 1. The second-order valence-corrected chi connectivity index (χ2v) is 6.55. The predicted molar refractivity (Wildman–Crippen MR) is 85.0 cm³/mol. The van der Waals surface area contributed by atoms with Gasteiger partial charge in [-0.1, -0.05) is 31.9 Å². The monoisotopic (exact) mass is 388 g/mol. The van der Waals surface area contributed by atoms with Gasteiger partial charge in [-0.05, 0) is 30.7 Å². The quantitative estimate of drug-likeness (QED) is 0.742. The Hall–Kier alpha value is -0.390. The zero-order valence-corrected chi connectivity index (χ0v) is 14.2. The van der Waals surface area contributed by atoms with E-state index >= 15 is 0 Å². The highest BCUT2D eigenvalue weighted by molar-refractivity contribution is 9.10. The first-order chi connectivity index (χ1) is 9.10. The van der Waals surface area contributed by atoms with Crippen molar-refractivity contribution < 1.29 is 4.79 Å². The lowest BCUT2D eigenvalue weighted by atomic mass is 10.1. The molecule has 1 aliphatic heterocycles. The second-order valence-electron chi connectivity index (χ2n) is 4.84. The highest BCUT2D eigenvalue weighted by atomic mass is 79.9. The maximum Gasteiger partial charge on any atom is 0.253 e. The molecular formula is C14H18Br2N2O. The van der Waals surface area contributed by atoms with Gasteiger partial charge in [-0.25, -0.2) is 0 Å². The molecule has 1 aliphatic rings. The summed E-state index contributed by atoms with van der Waals surface area (Å²) in [6, 6.07) is 5.88. The molecule has 5 heteroatoms. The van der Waals surface area contributed by atoms with E-state index in [0.717, 1.165) is 53.7 Å². The van der Waals surface area contributed by atoms with Crippen LogP contribution in [0.25, 0.3) is 0 Å². The maximum atomic E-state index is 12.4. The number of carbonyl (C=O) groups is 1. The van der Waals surface area contributed by atoms with E-state index < -0.39 is 0 Å². The summed E-state index contributed by atoms with van der Waals surface area (Å²) in [4.78, 5) is 16.8. The Morgan fingerprint density at radius 2 is 1.89 bits per heavy atom. The number of alkyl halides is 1. The number of rotatable bonds is 3. The zero-order chi connectivity index (χ0) is 13.8. The molecule has 0 unspecified atom stereocenters. The highest BCUT2D eigenvalue weighted by Crippen LogP contribution is 2.17. The Kier molecular flexibility index (Phi) is 5.42. The van der Waals surface area contributed by atoms with Crippen LogP contribution >= 0.6 is 31.9 Å². The van der Waals surface area contributed by atoms with E-state index in [4.69, 9.17) is 0 Å². The van der Waals surface area contributed by atoms with Gasteiger partial charge in [0.05, 0.1) is 0 Å². The number of halogens is 2. The lowest BCUT2D eigenvalue weighted by Crippen LogP contribution is -2.49. The summed E-state index contributed by atoms with van der Waals surface area (Å²) < 4.78 is 0.966. The average Bonchev–Trinajstić information content (AvgIpc) is 2.38. The number of hydrogen-bond donors (Lipinski definition) is 0.